The highest BCUT2D eigenvalue weighted by molar-refractivity contribution is 5.85. The van der Waals surface area contributed by atoms with Crippen molar-refractivity contribution in [3.05, 3.63) is 83.4 Å². The van der Waals surface area contributed by atoms with E-state index in [-0.39, 0.29) is 11.9 Å². The maximum atomic E-state index is 12.2. The van der Waals surface area contributed by atoms with Gasteiger partial charge in [-0.05, 0) is 40.3 Å². The summed E-state index contributed by atoms with van der Waals surface area (Å²) in [6.45, 7) is 2.52. The minimum absolute atomic E-state index is 0.171. The number of nitrogens with one attached hydrogen (secondary N) is 2. The molecule has 1 fully saturated rings. The van der Waals surface area contributed by atoms with Crippen LogP contribution in [-0.2, 0) is 24.3 Å². The average Bonchev–Trinajstić information content (AvgIpc) is 3.17. The van der Waals surface area contributed by atoms with Crippen LogP contribution in [0.5, 0.6) is 0 Å². The molecule has 0 aromatic heterocycles. The monoisotopic (exact) mass is 401 g/mol. The number of rotatable bonds is 7. The van der Waals surface area contributed by atoms with Crippen LogP contribution in [0.1, 0.15) is 29.5 Å². The first-order valence-corrected chi connectivity index (χ1v) is 10.5. The predicted molar refractivity (Wildman–Crippen MR) is 119 cm³/mol. The molecule has 3 aromatic rings. The molecule has 0 atom stereocenters. The minimum Gasteiger partial charge on any atom is -0.338 e. The number of carbonyl (C=O) groups excluding carboxylic acids is 2. The third-order valence-electron chi connectivity index (χ3n) is 5.55. The Morgan fingerprint density at radius 2 is 1.73 bits per heavy atom. The molecule has 1 aliphatic heterocycles. The fraction of sp³-hybridized carbons (Fsp3) is 0.280. The molecule has 0 bridgehead atoms. The number of fused-ring (bicyclic) bond motifs is 1. The molecule has 1 aliphatic rings. The summed E-state index contributed by atoms with van der Waals surface area (Å²) < 4.78 is 0. The van der Waals surface area contributed by atoms with Crippen LogP contribution in [0.3, 0.4) is 0 Å². The van der Waals surface area contributed by atoms with E-state index in [1.807, 2.05) is 35.2 Å². The first kappa shape index (κ1) is 20.0. The fourth-order valence-corrected chi connectivity index (χ4v) is 4.00. The summed E-state index contributed by atoms with van der Waals surface area (Å²) in [5, 5.41) is 8.31. The van der Waals surface area contributed by atoms with Crippen LogP contribution in [0.4, 0.5) is 4.79 Å². The highest BCUT2D eigenvalue weighted by Gasteiger charge is 2.19. The van der Waals surface area contributed by atoms with E-state index in [1.54, 1.807) is 0 Å². The standard InChI is InChI=1S/C25H27N3O2/c29-24-12-5-15-28(24)18-20-7-3-6-19(16-20)17-27-25(30)26-14-13-22-10-4-9-21-8-1-2-11-23(21)22/h1-4,6-11,16H,5,12-15,17-18H2,(H2,26,27,30). The van der Waals surface area contributed by atoms with E-state index in [9.17, 15) is 9.59 Å². The number of likely N-dealkylation sites (tertiary alicyclic amines) is 1. The highest BCUT2D eigenvalue weighted by atomic mass is 16.2. The summed E-state index contributed by atoms with van der Waals surface area (Å²) in [7, 11) is 0. The molecule has 5 nitrogen and oxygen atoms in total. The number of amides is 3. The Kier molecular flexibility index (Phi) is 6.28. The molecule has 0 spiro atoms. The third-order valence-corrected chi connectivity index (χ3v) is 5.55. The lowest BCUT2D eigenvalue weighted by Gasteiger charge is -2.16. The number of carbonyl (C=O) groups is 2. The Balaban J connectivity index is 1.25. The average molecular weight is 402 g/mol. The van der Waals surface area contributed by atoms with E-state index in [4.69, 9.17) is 0 Å². The van der Waals surface area contributed by atoms with Gasteiger partial charge in [0, 0.05) is 32.6 Å². The second-order valence-corrected chi connectivity index (χ2v) is 7.74. The molecule has 3 amide bonds. The second-order valence-electron chi connectivity index (χ2n) is 7.74. The van der Waals surface area contributed by atoms with Crippen LogP contribution < -0.4 is 10.6 Å². The zero-order chi connectivity index (χ0) is 20.8. The van der Waals surface area contributed by atoms with Crippen LogP contribution in [0.15, 0.2) is 66.7 Å². The molecule has 0 unspecified atom stereocenters. The molecule has 0 saturated carbocycles. The molecule has 2 N–H and O–H groups in total. The molecule has 154 valence electrons. The number of benzene rings is 3. The molecule has 30 heavy (non-hydrogen) atoms. The van der Waals surface area contributed by atoms with Crippen LogP contribution >= 0.6 is 0 Å². The quantitative estimate of drug-likeness (QED) is 0.629. The van der Waals surface area contributed by atoms with Crippen molar-refractivity contribution in [3.8, 4) is 0 Å². The molecule has 0 radical (unpaired) electrons. The van der Waals surface area contributed by atoms with Gasteiger partial charge in [-0.25, -0.2) is 4.79 Å². The van der Waals surface area contributed by atoms with Gasteiger partial charge in [0.15, 0.2) is 0 Å². The summed E-state index contributed by atoms with van der Waals surface area (Å²) in [6, 6.07) is 22.5. The Labute approximate surface area is 177 Å². The number of hydrogen-bond donors (Lipinski definition) is 2. The summed E-state index contributed by atoms with van der Waals surface area (Å²) in [6.07, 6.45) is 2.38. The Hall–Kier alpha value is -3.34. The van der Waals surface area contributed by atoms with Crippen LogP contribution in [0.2, 0.25) is 0 Å². The van der Waals surface area contributed by atoms with Crippen molar-refractivity contribution in [2.45, 2.75) is 32.4 Å². The highest BCUT2D eigenvalue weighted by Crippen LogP contribution is 2.18. The second kappa shape index (κ2) is 9.44. The van der Waals surface area contributed by atoms with Gasteiger partial charge in [-0.15, -0.1) is 0 Å². The molecule has 3 aromatic carbocycles. The normalized spacial score (nSPS) is 13.6. The largest absolute Gasteiger partial charge is 0.338 e. The SMILES string of the molecule is O=C(NCCc1cccc2ccccc12)NCc1cccc(CN2CCCC2=O)c1. The Morgan fingerprint density at radius 1 is 0.933 bits per heavy atom. The van der Waals surface area contributed by atoms with Crippen LogP contribution in [0.25, 0.3) is 10.8 Å². The smallest absolute Gasteiger partial charge is 0.315 e. The van der Waals surface area contributed by atoms with Gasteiger partial charge in [-0.3, -0.25) is 4.79 Å². The Morgan fingerprint density at radius 3 is 2.60 bits per heavy atom. The number of hydrogen-bond acceptors (Lipinski definition) is 2. The number of urea groups is 1. The van der Waals surface area contributed by atoms with E-state index < -0.39 is 0 Å². The molecule has 4 rings (SSSR count). The van der Waals surface area contributed by atoms with Gasteiger partial charge in [0.25, 0.3) is 0 Å². The minimum atomic E-state index is -0.171. The van der Waals surface area contributed by atoms with E-state index in [2.05, 4.69) is 47.0 Å². The topological polar surface area (TPSA) is 61.4 Å². The molecule has 5 heteroatoms. The van der Waals surface area contributed by atoms with Crippen molar-refractivity contribution in [1.29, 1.82) is 0 Å². The summed E-state index contributed by atoms with van der Waals surface area (Å²) in [5.41, 5.74) is 3.36. The molecule has 0 aliphatic carbocycles. The summed E-state index contributed by atoms with van der Waals surface area (Å²) >= 11 is 0. The van der Waals surface area contributed by atoms with Gasteiger partial charge in [0.2, 0.25) is 5.91 Å². The zero-order valence-electron chi connectivity index (χ0n) is 17.1. The fourth-order valence-electron chi connectivity index (χ4n) is 4.00. The van der Waals surface area contributed by atoms with Gasteiger partial charge in [0.05, 0.1) is 0 Å². The lowest BCUT2D eigenvalue weighted by molar-refractivity contribution is -0.128. The molecule has 1 heterocycles. The van der Waals surface area contributed by atoms with Crippen molar-refractivity contribution in [2.24, 2.45) is 0 Å². The maximum Gasteiger partial charge on any atom is 0.315 e. The van der Waals surface area contributed by atoms with E-state index >= 15 is 0 Å². The van der Waals surface area contributed by atoms with Gasteiger partial charge in [0.1, 0.15) is 0 Å². The van der Waals surface area contributed by atoms with E-state index in [0.717, 1.165) is 30.5 Å². The van der Waals surface area contributed by atoms with E-state index in [0.29, 0.717) is 26.1 Å². The van der Waals surface area contributed by atoms with Crippen molar-refractivity contribution in [2.75, 3.05) is 13.1 Å². The number of nitrogens with zero attached hydrogens (tertiary/aromatic N) is 1. The van der Waals surface area contributed by atoms with Crippen LogP contribution in [-0.4, -0.2) is 29.9 Å². The van der Waals surface area contributed by atoms with Gasteiger partial charge >= 0.3 is 6.03 Å². The summed E-state index contributed by atoms with van der Waals surface area (Å²) in [4.78, 5) is 25.9. The van der Waals surface area contributed by atoms with Crippen molar-refractivity contribution >= 4 is 22.7 Å². The predicted octanol–water partition coefficient (Wildman–Crippen LogP) is 4.00. The molecule has 1 saturated heterocycles. The first-order valence-electron chi connectivity index (χ1n) is 10.5. The summed E-state index contributed by atoms with van der Waals surface area (Å²) in [5.74, 6) is 0.226. The lowest BCUT2D eigenvalue weighted by atomic mass is 10.0. The van der Waals surface area contributed by atoms with Gasteiger partial charge in [-0.2, -0.15) is 0 Å². The lowest BCUT2D eigenvalue weighted by Crippen LogP contribution is -2.36. The zero-order valence-corrected chi connectivity index (χ0v) is 17.1. The van der Waals surface area contributed by atoms with Crippen molar-refractivity contribution in [3.63, 3.8) is 0 Å². The van der Waals surface area contributed by atoms with Crippen molar-refractivity contribution < 1.29 is 9.59 Å². The Bertz CT molecular complexity index is 1040. The molecular weight excluding hydrogens is 374 g/mol. The van der Waals surface area contributed by atoms with Crippen molar-refractivity contribution in [1.82, 2.24) is 15.5 Å². The third kappa shape index (κ3) is 4.98. The first-order chi connectivity index (χ1) is 14.7. The van der Waals surface area contributed by atoms with Crippen LogP contribution in [0, 0.1) is 0 Å². The van der Waals surface area contributed by atoms with Gasteiger partial charge < -0.3 is 15.5 Å². The maximum absolute atomic E-state index is 12.2. The van der Waals surface area contributed by atoms with E-state index in [1.165, 1.54) is 16.3 Å². The molecular formula is C25H27N3O2. The van der Waals surface area contributed by atoms with Gasteiger partial charge in [-0.1, -0.05) is 66.7 Å².